The first-order chi connectivity index (χ1) is 9.16. The first-order valence-corrected chi connectivity index (χ1v) is 6.42. The summed E-state index contributed by atoms with van der Waals surface area (Å²) in [6.07, 6.45) is 3.40. The van der Waals surface area contributed by atoms with Gasteiger partial charge >= 0.3 is 0 Å². The lowest BCUT2D eigenvalue weighted by atomic mass is 9.84. The molecule has 1 heterocycles. The van der Waals surface area contributed by atoms with E-state index in [1.165, 1.54) is 5.56 Å². The molecule has 0 fully saturated rings. The van der Waals surface area contributed by atoms with Crippen LogP contribution in [0, 0.1) is 0 Å². The summed E-state index contributed by atoms with van der Waals surface area (Å²) in [5.41, 5.74) is 15.9. The van der Waals surface area contributed by atoms with Crippen molar-refractivity contribution in [2.75, 3.05) is 5.73 Å². The molecular weight excluding hydrogens is 234 g/mol. The van der Waals surface area contributed by atoms with Gasteiger partial charge in [-0.3, -0.25) is 4.99 Å². The summed E-state index contributed by atoms with van der Waals surface area (Å²) in [5, 5.41) is 0. The molecule has 3 rings (SSSR count). The molecule has 1 aliphatic rings. The van der Waals surface area contributed by atoms with E-state index in [9.17, 15) is 0 Å². The van der Waals surface area contributed by atoms with Crippen molar-refractivity contribution in [1.82, 2.24) is 0 Å². The maximum Gasteiger partial charge on any atom is 0.0888 e. The molecule has 3 nitrogen and oxygen atoms in total. The second-order valence-electron chi connectivity index (χ2n) is 5.19. The standard InChI is InChI=1S/C16H17N3/c17-14-8-4-7-13-10-16(18,11-19-15(13)14)9-12-5-2-1-3-6-12/h1-8,11H,9-10,17-18H2. The Kier molecular flexibility index (Phi) is 2.84. The fourth-order valence-electron chi connectivity index (χ4n) is 2.59. The van der Waals surface area contributed by atoms with Crippen LogP contribution in [0.5, 0.6) is 0 Å². The zero-order valence-corrected chi connectivity index (χ0v) is 10.7. The van der Waals surface area contributed by atoms with Crippen molar-refractivity contribution in [3.63, 3.8) is 0 Å². The maximum absolute atomic E-state index is 6.47. The number of rotatable bonds is 2. The average Bonchev–Trinajstić information content (AvgIpc) is 2.39. The van der Waals surface area contributed by atoms with Gasteiger partial charge in [-0.2, -0.15) is 0 Å². The molecular formula is C16H17N3. The van der Waals surface area contributed by atoms with Crippen LogP contribution in [0.15, 0.2) is 53.5 Å². The van der Waals surface area contributed by atoms with E-state index in [0.717, 1.165) is 29.8 Å². The molecule has 0 radical (unpaired) electrons. The van der Waals surface area contributed by atoms with Crippen LogP contribution >= 0.6 is 0 Å². The molecule has 1 aliphatic heterocycles. The molecule has 2 aromatic carbocycles. The number of para-hydroxylation sites is 1. The fraction of sp³-hybridized carbons (Fsp3) is 0.188. The van der Waals surface area contributed by atoms with Crippen molar-refractivity contribution in [3.05, 3.63) is 59.7 Å². The predicted octanol–water partition coefficient (Wildman–Crippen LogP) is 2.47. The van der Waals surface area contributed by atoms with E-state index in [2.05, 4.69) is 23.2 Å². The molecule has 0 amide bonds. The van der Waals surface area contributed by atoms with Gasteiger partial charge in [0.1, 0.15) is 0 Å². The summed E-state index contributed by atoms with van der Waals surface area (Å²) >= 11 is 0. The maximum atomic E-state index is 6.47. The molecule has 1 atom stereocenters. The van der Waals surface area contributed by atoms with Gasteiger partial charge in [0, 0.05) is 6.21 Å². The highest BCUT2D eigenvalue weighted by molar-refractivity contribution is 5.83. The van der Waals surface area contributed by atoms with Crippen molar-refractivity contribution >= 4 is 17.6 Å². The fourth-order valence-corrected chi connectivity index (χ4v) is 2.59. The van der Waals surface area contributed by atoms with E-state index < -0.39 is 5.54 Å². The summed E-state index contributed by atoms with van der Waals surface area (Å²) in [6, 6.07) is 16.1. The van der Waals surface area contributed by atoms with Gasteiger partial charge in [0.25, 0.3) is 0 Å². The Balaban J connectivity index is 1.89. The molecule has 0 aliphatic carbocycles. The third-order valence-electron chi connectivity index (χ3n) is 3.50. The lowest BCUT2D eigenvalue weighted by Gasteiger charge is -2.29. The lowest BCUT2D eigenvalue weighted by molar-refractivity contribution is 0.564. The van der Waals surface area contributed by atoms with E-state index in [1.807, 2.05) is 36.5 Å². The molecule has 0 spiro atoms. The average molecular weight is 251 g/mol. The first kappa shape index (κ1) is 11.9. The van der Waals surface area contributed by atoms with Crippen molar-refractivity contribution in [2.45, 2.75) is 18.4 Å². The predicted molar refractivity (Wildman–Crippen MR) is 79.8 cm³/mol. The van der Waals surface area contributed by atoms with Crippen LogP contribution in [0.3, 0.4) is 0 Å². The van der Waals surface area contributed by atoms with Gasteiger partial charge in [-0.1, -0.05) is 42.5 Å². The van der Waals surface area contributed by atoms with Crippen LogP contribution in [0.4, 0.5) is 11.4 Å². The number of benzene rings is 2. The van der Waals surface area contributed by atoms with Crippen LogP contribution < -0.4 is 11.5 Å². The summed E-state index contributed by atoms with van der Waals surface area (Å²) in [7, 11) is 0. The summed E-state index contributed by atoms with van der Waals surface area (Å²) in [4.78, 5) is 4.47. The highest BCUT2D eigenvalue weighted by Gasteiger charge is 2.28. The zero-order chi connectivity index (χ0) is 13.3. The minimum atomic E-state index is -0.428. The third-order valence-corrected chi connectivity index (χ3v) is 3.50. The minimum absolute atomic E-state index is 0.428. The van der Waals surface area contributed by atoms with Crippen LogP contribution in [0.25, 0.3) is 0 Å². The second-order valence-corrected chi connectivity index (χ2v) is 5.19. The topological polar surface area (TPSA) is 64.4 Å². The Hall–Kier alpha value is -2.13. The van der Waals surface area contributed by atoms with Gasteiger partial charge in [0.15, 0.2) is 0 Å². The third kappa shape index (κ3) is 2.37. The SMILES string of the molecule is Nc1cccc2c1N=CC(N)(Cc1ccccc1)C2. The van der Waals surface area contributed by atoms with E-state index in [0.29, 0.717) is 0 Å². The molecule has 0 aromatic heterocycles. The van der Waals surface area contributed by atoms with Gasteiger partial charge in [-0.05, 0) is 30.0 Å². The number of aliphatic imine (C=N–C) groups is 1. The summed E-state index contributed by atoms with van der Waals surface area (Å²) in [6.45, 7) is 0. The molecule has 1 unspecified atom stereocenters. The van der Waals surface area contributed by atoms with Crippen molar-refractivity contribution < 1.29 is 0 Å². The Morgan fingerprint density at radius 3 is 2.63 bits per heavy atom. The van der Waals surface area contributed by atoms with Gasteiger partial charge in [-0.25, -0.2) is 0 Å². The normalized spacial score (nSPS) is 21.1. The molecule has 4 N–H and O–H groups in total. The van der Waals surface area contributed by atoms with E-state index in [1.54, 1.807) is 0 Å². The number of hydrogen-bond donors (Lipinski definition) is 2. The van der Waals surface area contributed by atoms with E-state index >= 15 is 0 Å². The minimum Gasteiger partial charge on any atom is -0.397 e. The number of nitrogens with two attached hydrogens (primary N) is 2. The van der Waals surface area contributed by atoms with E-state index in [4.69, 9.17) is 11.5 Å². The number of anilines is 1. The largest absolute Gasteiger partial charge is 0.397 e. The molecule has 0 saturated heterocycles. The molecule has 0 saturated carbocycles. The summed E-state index contributed by atoms with van der Waals surface area (Å²) < 4.78 is 0. The van der Waals surface area contributed by atoms with Gasteiger partial charge < -0.3 is 11.5 Å². The Labute approximate surface area is 113 Å². The smallest absolute Gasteiger partial charge is 0.0888 e. The monoisotopic (exact) mass is 251 g/mol. The highest BCUT2D eigenvalue weighted by atomic mass is 14.9. The molecule has 0 bridgehead atoms. The number of hydrogen-bond acceptors (Lipinski definition) is 3. The second kappa shape index (κ2) is 4.52. The Morgan fingerprint density at radius 1 is 1.05 bits per heavy atom. The number of nitrogens with zero attached hydrogens (tertiary/aromatic N) is 1. The molecule has 2 aromatic rings. The highest BCUT2D eigenvalue weighted by Crippen LogP contribution is 2.33. The Morgan fingerprint density at radius 2 is 1.84 bits per heavy atom. The molecule has 96 valence electrons. The van der Waals surface area contributed by atoms with Crippen LogP contribution in [0.1, 0.15) is 11.1 Å². The molecule has 19 heavy (non-hydrogen) atoms. The van der Waals surface area contributed by atoms with Crippen molar-refractivity contribution in [2.24, 2.45) is 10.7 Å². The van der Waals surface area contributed by atoms with Gasteiger partial charge in [-0.15, -0.1) is 0 Å². The number of fused-ring (bicyclic) bond motifs is 1. The van der Waals surface area contributed by atoms with Crippen molar-refractivity contribution in [3.8, 4) is 0 Å². The number of nitrogen functional groups attached to an aromatic ring is 1. The quantitative estimate of drug-likeness (QED) is 0.805. The Bertz CT molecular complexity index is 619. The van der Waals surface area contributed by atoms with Gasteiger partial charge in [0.2, 0.25) is 0 Å². The van der Waals surface area contributed by atoms with Crippen molar-refractivity contribution in [1.29, 1.82) is 0 Å². The van der Waals surface area contributed by atoms with E-state index in [-0.39, 0.29) is 0 Å². The first-order valence-electron chi connectivity index (χ1n) is 6.42. The lowest BCUT2D eigenvalue weighted by Crippen LogP contribution is -2.47. The van der Waals surface area contributed by atoms with Crippen LogP contribution in [-0.2, 0) is 12.8 Å². The van der Waals surface area contributed by atoms with Gasteiger partial charge in [0.05, 0.1) is 16.9 Å². The van der Waals surface area contributed by atoms with Crippen LogP contribution in [0.2, 0.25) is 0 Å². The van der Waals surface area contributed by atoms with Crippen LogP contribution in [-0.4, -0.2) is 11.8 Å². The molecule has 3 heteroatoms. The zero-order valence-electron chi connectivity index (χ0n) is 10.7. The summed E-state index contributed by atoms with van der Waals surface area (Å²) in [5.74, 6) is 0.